The fourth-order valence-corrected chi connectivity index (χ4v) is 2.32. The summed E-state index contributed by atoms with van der Waals surface area (Å²) in [7, 11) is 0. The van der Waals surface area contributed by atoms with Crippen molar-refractivity contribution in [3.05, 3.63) is 23.9 Å². The number of carboxylic acid groups (broad SMARTS) is 1. The van der Waals surface area contributed by atoms with Gasteiger partial charge in [0, 0.05) is 18.8 Å². The van der Waals surface area contributed by atoms with Crippen molar-refractivity contribution < 1.29 is 9.90 Å². The molecule has 0 bridgehead atoms. The summed E-state index contributed by atoms with van der Waals surface area (Å²) in [5.41, 5.74) is 0.306. The lowest BCUT2D eigenvalue weighted by atomic mass is 9.95. The number of anilines is 1. The van der Waals surface area contributed by atoms with Crippen LogP contribution in [0.4, 0.5) is 5.82 Å². The van der Waals surface area contributed by atoms with Crippen LogP contribution in [0.25, 0.3) is 0 Å². The molecule has 1 saturated heterocycles. The molecule has 0 radical (unpaired) electrons. The van der Waals surface area contributed by atoms with Crippen LogP contribution >= 0.6 is 0 Å². The maximum atomic E-state index is 10.9. The summed E-state index contributed by atoms with van der Waals surface area (Å²) in [6, 6.07) is 3.63. The third kappa shape index (κ3) is 2.57. The normalized spacial score (nSPS) is 24.7. The SMILES string of the molecule is CC1CCC(C)N(c2cc(C(=O)O)ccn2)C1. The maximum absolute atomic E-state index is 10.9. The summed E-state index contributed by atoms with van der Waals surface area (Å²) in [5.74, 6) is 0.525. The zero-order valence-electron chi connectivity index (χ0n) is 10.3. The van der Waals surface area contributed by atoms with E-state index in [1.54, 1.807) is 12.3 Å². The minimum atomic E-state index is -0.897. The van der Waals surface area contributed by atoms with Gasteiger partial charge in [0.1, 0.15) is 5.82 Å². The summed E-state index contributed by atoms with van der Waals surface area (Å²) in [5, 5.41) is 8.98. The third-order valence-electron chi connectivity index (χ3n) is 3.40. The average molecular weight is 234 g/mol. The van der Waals surface area contributed by atoms with Gasteiger partial charge in [-0.1, -0.05) is 6.92 Å². The van der Waals surface area contributed by atoms with Gasteiger partial charge in [0.15, 0.2) is 0 Å². The fraction of sp³-hybridized carbons (Fsp3) is 0.538. The third-order valence-corrected chi connectivity index (χ3v) is 3.40. The topological polar surface area (TPSA) is 53.4 Å². The van der Waals surface area contributed by atoms with E-state index in [9.17, 15) is 4.79 Å². The molecule has 0 amide bonds. The number of aromatic nitrogens is 1. The van der Waals surface area contributed by atoms with Crippen LogP contribution < -0.4 is 4.90 Å². The smallest absolute Gasteiger partial charge is 0.335 e. The summed E-state index contributed by atoms with van der Waals surface area (Å²) in [6.45, 7) is 5.35. The van der Waals surface area contributed by atoms with Gasteiger partial charge in [-0.25, -0.2) is 9.78 Å². The van der Waals surface area contributed by atoms with Crippen molar-refractivity contribution in [3.8, 4) is 0 Å². The fourth-order valence-electron chi connectivity index (χ4n) is 2.32. The van der Waals surface area contributed by atoms with E-state index < -0.39 is 5.97 Å². The largest absolute Gasteiger partial charge is 0.478 e. The molecule has 4 heteroatoms. The van der Waals surface area contributed by atoms with Gasteiger partial charge in [0.05, 0.1) is 5.56 Å². The first kappa shape index (κ1) is 11.9. The van der Waals surface area contributed by atoms with E-state index in [0.717, 1.165) is 18.8 Å². The molecule has 1 aliphatic heterocycles. The highest BCUT2D eigenvalue weighted by molar-refractivity contribution is 5.88. The van der Waals surface area contributed by atoms with Crippen molar-refractivity contribution in [2.24, 2.45) is 5.92 Å². The van der Waals surface area contributed by atoms with Gasteiger partial charge in [0.25, 0.3) is 0 Å². The molecule has 2 rings (SSSR count). The molecule has 1 aromatic rings. The molecule has 4 nitrogen and oxygen atoms in total. The van der Waals surface area contributed by atoms with Gasteiger partial charge in [-0.2, -0.15) is 0 Å². The first-order chi connectivity index (χ1) is 8.08. The minimum absolute atomic E-state index is 0.306. The first-order valence-electron chi connectivity index (χ1n) is 6.04. The molecule has 2 unspecified atom stereocenters. The highest BCUT2D eigenvalue weighted by atomic mass is 16.4. The van der Waals surface area contributed by atoms with Crippen molar-refractivity contribution in [1.82, 2.24) is 4.98 Å². The molecule has 1 aliphatic rings. The summed E-state index contributed by atoms with van der Waals surface area (Å²) in [4.78, 5) is 17.4. The molecule has 0 spiro atoms. The van der Waals surface area contributed by atoms with Crippen LogP contribution in [0.1, 0.15) is 37.0 Å². The van der Waals surface area contributed by atoms with Crippen LogP contribution in [0.5, 0.6) is 0 Å². The molecular formula is C13H18N2O2. The Morgan fingerprint density at radius 3 is 2.94 bits per heavy atom. The van der Waals surface area contributed by atoms with E-state index in [1.807, 2.05) is 0 Å². The van der Waals surface area contributed by atoms with Crippen LogP contribution in [-0.4, -0.2) is 28.6 Å². The number of carboxylic acids is 1. The van der Waals surface area contributed by atoms with Gasteiger partial charge in [0.2, 0.25) is 0 Å². The van der Waals surface area contributed by atoms with Crippen molar-refractivity contribution in [3.63, 3.8) is 0 Å². The molecular weight excluding hydrogens is 216 g/mol. The van der Waals surface area contributed by atoms with Gasteiger partial charge < -0.3 is 10.0 Å². The van der Waals surface area contributed by atoms with Crippen molar-refractivity contribution in [2.45, 2.75) is 32.7 Å². The maximum Gasteiger partial charge on any atom is 0.335 e. The predicted molar refractivity (Wildman–Crippen MR) is 66.4 cm³/mol. The van der Waals surface area contributed by atoms with Crippen LogP contribution in [0, 0.1) is 5.92 Å². The van der Waals surface area contributed by atoms with Crippen molar-refractivity contribution >= 4 is 11.8 Å². The Bertz CT molecular complexity index is 420. The Morgan fingerprint density at radius 1 is 1.47 bits per heavy atom. The molecule has 1 aromatic heterocycles. The second-order valence-electron chi connectivity index (χ2n) is 4.89. The second-order valence-corrected chi connectivity index (χ2v) is 4.89. The Balaban J connectivity index is 2.26. The Hall–Kier alpha value is -1.58. The van der Waals surface area contributed by atoms with Gasteiger partial charge >= 0.3 is 5.97 Å². The molecule has 0 aromatic carbocycles. The molecule has 92 valence electrons. The molecule has 2 atom stereocenters. The lowest BCUT2D eigenvalue weighted by Gasteiger charge is -2.37. The van der Waals surface area contributed by atoms with E-state index >= 15 is 0 Å². The van der Waals surface area contributed by atoms with Gasteiger partial charge in [-0.3, -0.25) is 0 Å². The summed E-state index contributed by atoms with van der Waals surface area (Å²) < 4.78 is 0. The number of piperidine rings is 1. The number of rotatable bonds is 2. The lowest BCUT2D eigenvalue weighted by molar-refractivity contribution is 0.0696. The number of carbonyl (C=O) groups is 1. The van der Waals surface area contributed by atoms with Crippen molar-refractivity contribution in [1.29, 1.82) is 0 Å². The van der Waals surface area contributed by atoms with Gasteiger partial charge in [-0.15, -0.1) is 0 Å². The Kier molecular flexibility index (Phi) is 3.31. The minimum Gasteiger partial charge on any atom is -0.478 e. The highest BCUT2D eigenvalue weighted by Gasteiger charge is 2.24. The summed E-state index contributed by atoms with van der Waals surface area (Å²) in [6.07, 6.45) is 3.95. The zero-order chi connectivity index (χ0) is 12.4. The van der Waals surface area contributed by atoms with E-state index in [-0.39, 0.29) is 0 Å². The van der Waals surface area contributed by atoms with Crippen LogP contribution in [0.2, 0.25) is 0 Å². The quantitative estimate of drug-likeness (QED) is 0.853. The number of pyridine rings is 1. The highest BCUT2D eigenvalue weighted by Crippen LogP contribution is 2.26. The van der Waals surface area contributed by atoms with Gasteiger partial charge in [-0.05, 0) is 37.8 Å². The predicted octanol–water partition coefficient (Wildman–Crippen LogP) is 2.40. The molecule has 2 heterocycles. The molecule has 1 N–H and O–H groups in total. The van der Waals surface area contributed by atoms with E-state index in [2.05, 4.69) is 23.7 Å². The monoisotopic (exact) mass is 234 g/mol. The van der Waals surface area contributed by atoms with Crippen LogP contribution in [-0.2, 0) is 0 Å². The van der Waals surface area contributed by atoms with E-state index in [4.69, 9.17) is 5.11 Å². The Morgan fingerprint density at radius 2 is 2.24 bits per heavy atom. The first-order valence-corrected chi connectivity index (χ1v) is 6.04. The molecule has 17 heavy (non-hydrogen) atoms. The van der Waals surface area contributed by atoms with E-state index in [1.165, 1.54) is 12.5 Å². The van der Waals surface area contributed by atoms with Crippen molar-refractivity contribution in [2.75, 3.05) is 11.4 Å². The standard InChI is InChI=1S/C13H18N2O2/c1-9-3-4-10(2)15(8-9)12-7-11(13(16)17)5-6-14-12/h5-7,9-10H,3-4,8H2,1-2H3,(H,16,17). The Labute approximate surface area is 101 Å². The number of hydrogen-bond acceptors (Lipinski definition) is 3. The molecule has 0 aliphatic carbocycles. The van der Waals surface area contributed by atoms with Crippen LogP contribution in [0.15, 0.2) is 18.3 Å². The number of hydrogen-bond donors (Lipinski definition) is 1. The van der Waals surface area contributed by atoms with Crippen LogP contribution in [0.3, 0.4) is 0 Å². The molecule has 0 saturated carbocycles. The number of nitrogens with zero attached hydrogens (tertiary/aromatic N) is 2. The van der Waals surface area contributed by atoms with E-state index in [0.29, 0.717) is 17.5 Å². The number of aromatic carboxylic acids is 1. The molecule has 1 fully saturated rings. The zero-order valence-corrected chi connectivity index (χ0v) is 10.3. The second kappa shape index (κ2) is 4.73. The summed E-state index contributed by atoms with van der Waals surface area (Å²) >= 11 is 0. The average Bonchev–Trinajstić information content (AvgIpc) is 2.32. The lowest BCUT2D eigenvalue weighted by Crippen LogP contribution is -2.41.